The number of rotatable bonds is 10. The summed E-state index contributed by atoms with van der Waals surface area (Å²) >= 11 is 0. The third-order valence-electron chi connectivity index (χ3n) is 4.69. The summed E-state index contributed by atoms with van der Waals surface area (Å²) in [5.41, 5.74) is 9.00. The van der Waals surface area contributed by atoms with Gasteiger partial charge in [-0.25, -0.2) is 4.39 Å². The van der Waals surface area contributed by atoms with Crippen LogP contribution in [0.5, 0.6) is 5.75 Å². The van der Waals surface area contributed by atoms with Gasteiger partial charge in [0.05, 0.1) is 12.1 Å². The molecule has 0 unspecified atom stereocenters. The van der Waals surface area contributed by atoms with Gasteiger partial charge < -0.3 is 10.5 Å². The average Bonchev–Trinajstić information content (AvgIpc) is 2.67. The molecule has 0 bridgehead atoms. The molecular formula is C23H27FN2O. The monoisotopic (exact) mass is 366 g/mol. The predicted molar refractivity (Wildman–Crippen MR) is 109 cm³/mol. The third kappa shape index (κ3) is 5.95. The fourth-order valence-corrected chi connectivity index (χ4v) is 3.25. The molecule has 3 aromatic rings. The van der Waals surface area contributed by atoms with Gasteiger partial charge in [0.1, 0.15) is 11.6 Å². The minimum atomic E-state index is -0.254. The fraction of sp³-hybridized carbons (Fsp3) is 0.348. The quantitative estimate of drug-likeness (QED) is 0.453. The number of hydrogen-bond acceptors (Lipinski definition) is 3. The molecule has 142 valence electrons. The van der Waals surface area contributed by atoms with Crippen molar-refractivity contribution >= 4 is 16.6 Å². The number of nitrogens with two attached hydrogens (primary N) is 1. The van der Waals surface area contributed by atoms with Crippen LogP contribution in [0.4, 0.5) is 10.1 Å². The highest BCUT2D eigenvalue weighted by Gasteiger charge is 2.03. The number of fused-ring (bicyclic) bond motifs is 1. The summed E-state index contributed by atoms with van der Waals surface area (Å²) in [5, 5.41) is 1.03. The van der Waals surface area contributed by atoms with E-state index in [1.165, 1.54) is 31.4 Å². The van der Waals surface area contributed by atoms with Gasteiger partial charge in [-0.1, -0.05) is 49.9 Å². The van der Waals surface area contributed by atoms with Gasteiger partial charge in [0.2, 0.25) is 0 Å². The number of ether oxygens (including phenoxy) is 1. The molecular weight excluding hydrogens is 339 g/mol. The molecule has 0 radical (unpaired) electrons. The molecule has 0 saturated carbocycles. The Bertz CT molecular complexity index is 866. The van der Waals surface area contributed by atoms with Crippen molar-refractivity contribution in [3.63, 3.8) is 0 Å². The number of aryl methyl sites for hydroxylation is 1. The normalized spacial score (nSPS) is 11.0. The number of benzene rings is 2. The highest BCUT2D eigenvalue weighted by atomic mass is 19.1. The number of aromatic nitrogens is 1. The number of hydrogen-bond donors (Lipinski definition) is 1. The van der Waals surface area contributed by atoms with Crippen molar-refractivity contribution in [3.05, 3.63) is 66.1 Å². The van der Waals surface area contributed by atoms with E-state index in [-0.39, 0.29) is 5.82 Å². The Morgan fingerprint density at radius 3 is 2.48 bits per heavy atom. The lowest BCUT2D eigenvalue weighted by Crippen LogP contribution is -1.98. The maximum atomic E-state index is 13.0. The van der Waals surface area contributed by atoms with Crippen LogP contribution < -0.4 is 10.5 Å². The van der Waals surface area contributed by atoms with E-state index in [1.807, 2.05) is 30.3 Å². The Balaban J connectivity index is 1.28. The van der Waals surface area contributed by atoms with Crippen molar-refractivity contribution < 1.29 is 9.13 Å². The first kappa shape index (κ1) is 19.2. The third-order valence-corrected chi connectivity index (χ3v) is 4.69. The summed E-state index contributed by atoms with van der Waals surface area (Å²) in [6, 6.07) is 16.3. The molecule has 0 fully saturated rings. The van der Waals surface area contributed by atoms with Gasteiger partial charge in [0.25, 0.3) is 0 Å². The Labute approximate surface area is 160 Å². The minimum Gasteiger partial charge on any atom is -0.493 e. The average molecular weight is 366 g/mol. The minimum absolute atomic E-state index is 0.254. The molecule has 3 rings (SSSR count). The lowest BCUT2D eigenvalue weighted by atomic mass is 10.1. The number of nitrogen functional groups attached to an aromatic ring is 1. The van der Waals surface area contributed by atoms with Gasteiger partial charge in [0, 0.05) is 22.8 Å². The van der Waals surface area contributed by atoms with Gasteiger partial charge >= 0.3 is 0 Å². The molecule has 4 heteroatoms. The van der Waals surface area contributed by atoms with E-state index in [4.69, 9.17) is 15.5 Å². The van der Waals surface area contributed by atoms with Crippen molar-refractivity contribution in [2.75, 3.05) is 12.3 Å². The maximum Gasteiger partial charge on any atom is 0.126 e. The summed E-state index contributed by atoms with van der Waals surface area (Å²) in [6.45, 7) is 0.643. The summed E-state index contributed by atoms with van der Waals surface area (Å²) in [7, 11) is 0. The zero-order valence-corrected chi connectivity index (χ0v) is 15.7. The molecule has 1 aromatic heterocycles. The molecule has 0 aliphatic carbocycles. The highest BCUT2D eigenvalue weighted by molar-refractivity contribution is 5.90. The first-order valence-electron chi connectivity index (χ1n) is 9.75. The fourth-order valence-electron chi connectivity index (χ4n) is 3.25. The van der Waals surface area contributed by atoms with Crippen LogP contribution in [0.3, 0.4) is 0 Å². The molecule has 0 saturated heterocycles. The Morgan fingerprint density at radius 2 is 1.63 bits per heavy atom. The van der Waals surface area contributed by atoms with Crippen molar-refractivity contribution in [1.29, 1.82) is 0 Å². The van der Waals surface area contributed by atoms with Gasteiger partial charge in [0.15, 0.2) is 0 Å². The molecule has 2 N–H and O–H groups in total. The zero-order valence-electron chi connectivity index (χ0n) is 15.7. The summed E-state index contributed by atoms with van der Waals surface area (Å²) in [4.78, 5) is 4.71. The SMILES string of the molecule is Nc1cc(CCCCCCCCOc2cccc(F)c2)nc2ccccc12. The van der Waals surface area contributed by atoms with E-state index in [2.05, 4.69) is 0 Å². The second kappa shape index (κ2) is 9.91. The molecule has 3 nitrogen and oxygen atoms in total. The summed E-state index contributed by atoms with van der Waals surface area (Å²) < 4.78 is 18.6. The van der Waals surface area contributed by atoms with Crippen LogP contribution in [0.2, 0.25) is 0 Å². The molecule has 0 amide bonds. The van der Waals surface area contributed by atoms with Gasteiger partial charge in [-0.15, -0.1) is 0 Å². The van der Waals surface area contributed by atoms with Crippen molar-refractivity contribution in [1.82, 2.24) is 4.98 Å². The number of pyridine rings is 1. The van der Waals surface area contributed by atoms with Crippen molar-refractivity contribution in [2.45, 2.75) is 44.9 Å². The van der Waals surface area contributed by atoms with Gasteiger partial charge in [-0.2, -0.15) is 0 Å². The maximum absolute atomic E-state index is 13.0. The number of nitrogens with zero attached hydrogens (tertiary/aromatic N) is 1. The van der Waals surface area contributed by atoms with Crippen LogP contribution in [0.1, 0.15) is 44.2 Å². The number of halogens is 1. The number of anilines is 1. The Hall–Kier alpha value is -2.62. The number of unbranched alkanes of at least 4 members (excludes halogenated alkanes) is 5. The standard InChI is InChI=1S/C23H27FN2O/c24-18-10-9-12-20(16-18)27-15-8-4-2-1-3-5-11-19-17-22(25)21-13-6-7-14-23(21)26-19/h6-7,9-10,12-14,16-17H,1-5,8,11,15H2,(H2,25,26). The second-order valence-corrected chi connectivity index (χ2v) is 6.90. The molecule has 27 heavy (non-hydrogen) atoms. The van der Waals surface area contributed by atoms with Crippen LogP contribution >= 0.6 is 0 Å². The first-order valence-corrected chi connectivity index (χ1v) is 9.75. The first-order chi connectivity index (χ1) is 13.2. The van der Waals surface area contributed by atoms with Crippen molar-refractivity contribution in [2.24, 2.45) is 0 Å². The second-order valence-electron chi connectivity index (χ2n) is 6.90. The molecule has 1 heterocycles. The van der Waals surface area contributed by atoms with E-state index in [0.717, 1.165) is 48.0 Å². The van der Waals surface area contributed by atoms with Crippen molar-refractivity contribution in [3.8, 4) is 5.75 Å². The van der Waals surface area contributed by atoms with E-state index in [1.54, 1.807) is 12.1 Å². The predicted octanol–water partition coefficient (Wildman–Crippen LogP) is 5.92. The largest absolute Gasteiger partial charge is 0.493 e. The molecule has 0 spiro atoms. The van der Waals surface area contributed by atoms with E-state index < -0.39 is 0 Å². The van der Waals surface area contributed by atoms with E-state index in [0.29, 0.717) is 12.4 Å². The summed E-state index contributed by atoms with van der Waals surface area (Å²) in [5.74, 6) is 0.354. The molecule has 0 aliphatic heterocycles. The molecule has 0 atom stereocenters. The van der Waals surface area contributed by atoms with Crippen LogP contribution in [-0.4, -0.2) is 11.6 Å². The van der Waals surface area contributed by atoms with Crippen LogP contribution in [0.15, 0.2) is 54.6 Å². The number of para-hydroxylation sites is 1. The smallest absolute Gasteiger partial charge is 0.126 e. The lowest BCUT2D eigenvalue weighted by Gasteiger charge is -2.07. The Kier molecular flexibility index (Phi) is 7.03. The van der Waals surface area contributed by atoms with E-state index in [9.17, 15) is 4.39 Å². The summed E-state index contributed by atoms with van der Waals surface area (Å²) in [6.07, 6.45) is 7.83. The molecule has 2 aromatic carbocycles. The topological polar surface area (TPSA) is 48.1 Å². The van der Waals surface area contributed by atoms with Gasteiger partial charge in [-0.3, -0.25) is 4.98 Å². The van der Waals surface area contributed by atoms with Crippen LogP contribution in [-0.2, 0) is 6.42 Å². The molecule has 0 aliphatic rings. The van der Waals surface area contributed by atoms with E-state index >= 15 is 0 Å². The lowest BCUT2D eigenvalue weighted by molar-refractivity contribution is 0.303. The van der Waals surface area contributed by atoms with Crippen LogP contribution in [0.25, 0.3) is 10.9 Å². The van der Waals surface area contributed by atoms with Gasteiger partial charge in [-0.05, 0) is 43.5 Å². The zero-order chi connectivity index (χ0) is 18.9. The van der Waals surface area contributed by atoms with Crippen LogP contribution in [0, 0.1) is 5.82 Å². The highest BCUT2D eigenvalue weighted by Crippen LogP contribution is 2.21. The Morgan fingerprint density at radius 1 is 0.852 bits per heavy atom.